The van der Waals surface area contributed by atoms with Crippen molar-refractivity contribution in [3.05, 3.63) is 80.9 Å². The minimum atomic E-state index is -0.908. The summed E-state index contributed by atoms with van der Waals surface area (Å²) in [7, 11) is 0. The topological polar surface area (TPSA) is 196 Å². The number of hydrogen-bond acceptors (Lipinski definition) is 13. The Kier molecular flexibility index (Phi) is 10.2. The summed E-state index contributed by atoms with van der Waals surface area (Å²) >= 11 is 6.49. The number of carbonyl (C=O) groups excluding carboxylic acids is 2. The third kappa shape index (κ3) is 7.30. The molecule has 4 heterocycles. The van der Waals surface area contributed by atoms with Crippen LogP contribution in [0.3, 0.4) is 0 Å². The predicted octanol–water partition coefficient (Wildman–Crippen LogP) is 3.61. The molecule has 252 valence electrons. The number of H-pyrrole nitrogens is 1. The Morgan fingerprint density at radius 1 is 1.08 bits per heavy atom. The maximum Gasteiger partial charge on any atom is 0.358 e. The van der Waals surface area contributed by atoms with Gasteiger partial charge >= 0.3 is 11.9 Å². The van der Waals surface area contributed by atoms with Crippen molar-refractivity contribution in [2.75, 3.05) is 19.8 Å². The van der Waals surface area contributed by atoms with Crippen molar-refractivity contribution in [2.45, 2.75) is 63.6 Å². The number of nitrogens with zero attached hydrogens (tertiary/aromatic N) is 6. The van der Waals surface area contributed by atoms with Gasteiger partial charge in [0.25, 0.3) is 5.09 Å². The van der Waals surface area contributed by atoms with Gasteiger partial charge in [0.1, 0.15) is 24.6 Å². The lowest BCUT2D eigenvalue weighted by molar-refractivity contribution is -0.769. The molecule has 0 saturated carbocycles. The number of imidazole rings is 1. The second-order valence-electron chi connectivity index (χ2n) is 11.2. The lowest BCUT2D eigenvalue weighted by Crippen LogP contribution is -2.36. The first-order valence-electron chi connectivity index (χ1n) is 15.4. The Bertz CT molecular complexity index is 1750. The van der Waals surface area contributed by atoms with Gasteiger partial charge in [-0.05, 0) is 28.3 Å². The molecule has 0 aliphatic carbocycles. The number of carbonyl (C=O) groups is 2. The van der Waals surface area contributed by atoms with E-state index in [2.05, 4.69) is 37.4 Å². The van der Waals surface area contributed by atoms with Crippen LogP contribution in [0.5, 0.6) is 0 Å². The van der Waals surface area contributed by atoms with Crippen LogP contribution in [-0.4, -0.2) is 91.4 Å². The van der Waals surface area contributed by atoms with E-state index in [0.29, 0.717) is 24.6 Å². The number of tetrazole rings is 1. The van der Waals surface area contributed by atoms with Crippen LogP contribution in [-0.2, 0) is 41.5 Å². The van der Waals surface area contributed by atoms with Gasteiger partial charge in [-0.1, -0.05) is 73.5 Å². The molecule has 1 N–H and O–H groups in total. The van der Waals surface area contributed by atoms with Crippen LogP contribution in [0.2, 0.25) is 5.15 Å². The van der Waals surface area contributed by atoms with E-state index in [4.69, 9.17) is 30.5 Å². The molecular formula is C31H32ClN7O9. The van der Waals surface area contributed by atoms with Crippen LogP contribution in [0.4, 0.5) is 0 Å². The van der Waals surface area contributed by atoms with Crippen LogP contribution >= 0.6 is 11.6 Å². The first-order chi connectivity index (χ1) is 23.3. The average Bonchev–Trinajstić information content (AvgIpc) is 3.88. The number of halogens is 1. The zero-order valence-electron chi connectivity index (χ0n) is 25.8. The summed E-state index contributed by atoms with van der Waals surface area (Å²) < 4.78 is 23.7. The number of esters is 2. The Balaban J connectivity index is 1.10. The van der Waals surface area contributed by atoms with E-state index >= 15 is 0 Å². The van der Waals surface area contributed by atoms with Gasteiger partial charge in [-0.15, -0.1) is 20.3 Å². The second-order valence-corrected chi connectivity index (χ2v) is 11.6. The van der Waals surface area contributed by atoms with Gasteiger partial charge in [-0.25, -0.2) is 9.78 Å². The van der Waals surface area contributed by atoms with Crippen molar-refractivity contribution in [2.24, 2.45) is 0 Å². The van der Waals surface area contributed by atoms with E-state index in [0.717, 1.165) is 35.1 Å². The predicted molar refractivity (Wildman–Crippen MR) is 166 cm³/mol. The number of benzene rings is 2. The van der Waals surface area contributed by atoms with Crippen LogP contribution < -0.4 is 0 Å². The van der Waals surface area contributed by atoms with Crippen LogP contribution in [0.15, 0.2) is 48.5 Å². The SMILES string of the molecule is CCCCc1nc(Cl)c(C(=O)OCCC(=O)O[C@H]2CO[C@H]3[C@@H]2OC[C@H]3O[N+](=O)[O-])n1Cc1ccc(-c2ccccc2-c2nn[nH]n2)cc1. The molecule has 17 heteroatoms. The monoisotopic (exact) mass is 681 g/mol. The van der Waals surface area contributed by atoms with E-state index in [1.807, 2.05) is 48.5 Å². The molecule has 0 bridgehead atoms. The molecule has 2 aliphatic heterocycles. The van der Waals surface area contributed by atoms with Gasteiger partial charge in [-0.2, -0.15) is 5.21 Å². The van der Waals surface area contributed by atoms with Gasteiger partial charge in [-0.3, -0.25) is 4.79 Å². The van der Waals surface area contributed by atoms with Crippen molar-refractivity contribution < 1.29 is 38.5 Å². The number of fused-ring (bicyclic) bond motifs is 1. The summed E-state index contributed by atoms with van der Waals surface area (Å²) in [5, 5.41) is 24.2. The Morgan fingerprint density at radius 2 is 1.81 bits per heavy atom. The highest BCUT2D eigenvalue weighted by Gasteiger charge is 2.51. The summed E-state index contributed by atoms with van der Waals surface area (Å²) in [4.78, 5) is 45.6. The molecule has 48 heavy (non-hydrogen) atoms. The second kappa shape index (κ2) is 14.9. The number of ether oxygens (including phenoxy) is 4. The number of unbranched alkanes of at least 4 members (excludes halogenated alkanes) is 1. The molecule has 4 atom stereocenters. The van der Waals surface area contributed by atoms with Crippen LogP contribution in [0.1, 0.15) is 48.1 Å². The quantitative estimate of drug-likeness (QED) is 0.115. The van der Waals surface area contributed by atoms with Crippen molar-refractivity contribution in [1.29, 1.82) is 0 Å². The lowest BCUT2D eigenvalue weighted by Gasteiger charge is -2.17. The van der Waals surface area contributed by atoms with Crippen LogP contribution in [0, 0.1) is 10.1 Å². The van der Waals surface area contributed by atoms with Gasteiger partial charge in [0.2, 0.25) is 5.82 Å². The highest BCUT2D eigenvalue weighted by molar-refractivity contribution is 6.32. The molecule has 6 rings (SSSR count). The zero-order chi connectivity index (χ0) is 33.6. The minimum Gasteiger partial charge on any atom is -0.460 e. The molecule has 2 aromatic carbocycles. The Hall–Kier alpha value is -4.93. The maximum absolute atomic E-state index is 13.3. The molecule has 0 radical (unpaired) electrons. The summed E-state index contributed by atoms with van der Waals surface area (Å²) in [6.45, 7) is 2.04. The first-order valence-corrected chi connectivity index (χ1v) is 15.8. The zero-order valence-corrected chi connectivity index (χ0v) is 26.6. The number of nitrogens with one attached hydrogen (secondary N) is 1. The standard InChI is InChI=1S/C31H32ClN7O9/c1-2-3-8-24-33-29(32)26(31(41)44-14-13-25(40)47-22-16-45-28-23(48-39(42)43)17-46-27(22)28)38(24)15-18-9-11-19(12-10-18)20-6-4-5-7-21(20)30-34-36-37-35-30/h4-7,9-12,22-23,27-28H,2-3,8,13-17H2,1H3,(H,34,35,36,37)/t22-,23+,27+,28+/m0/s1. The van der Waals surface area contributed by atoms with Gasteiger partial charge < -0.3 is 28.4 Å². The minimum absolute atomic E-state index is 0.0000597. The highest BCUT2D eigenvalue weighted by Crippen LogP contribution is 2.32. The summed E-state index contributed by atoms with van der Waals surface area (Å²) in [5.41, 5.74) is 3.71. The molecule has 2 aromatic heterocycles. The molecule has 0 spiro atoms. The third-order valence-corrected chi connectivity index (χ3v) is 8.34. The van der Waals surface area contributed by atoms with Crippen molar-refractivity contribution in [3.8, 4) is 22.5 Å². The van der Waals surface area contributed by atoms with Crippen LogP contribution in [0.25, 0.3) is 22.5 Å². The first kappa shape index (κ1) is 33.0. The smallest absolute Gasteiger partial charge is 0.358 e. The van der Waals surface area contributed by atoms with Crippen molar-refractivity contribution in [1.82, 2.24) is 30.2 Å². The van der Waals surface area contributed by atoms with Gasteiger partial charge in [0.15, 0.2) is 23.1 Å². The lowest BCUT2D eigenvalue weighted by atomic mass is 9.98. The number of rotatable bonds is 14. The number of hydrogen-bond donors (Lipinski definition) is 1. The van der Waals surface area contributed by atoms with Crippen molar-refractivity contribution in [3.63, 3.8) is 0 Å². The fourth-order valence-electron chi connectivity index (χ4n) is 5.79. The summed E-state index contributed by atoms with van der Waals surface area (Å²) in [6.07, 6.45) is -0.955. The fraction of sp³-hybridized carbons (Fsp3) is 0.419. The molecule has 4 aromatic rings. The van der Waals surface area contributed by atoms with E-state index < -0.39 is 41.4 Å². The molecule has 2 fully saturated rings. The number of aromatic nitrogens is 6. The maximum atomic E-state index is 13.3. The molecule has 2 saturated heterocycles. The van der Waals surface area contributed by atoms with E-state index in [1.54, 1.807) is 4.57 Å². The fourth-order valence-corrected chi connectivity index (χ4v) is 6.07. The average molecular weight is 682 g/mol. The van der Waals surface area contributed by atoms with E-state index in [1.165, 1.54) is 0 Å². The van der Waals surface area contributed by atoms with Gasteiger partial charge in [0.05, 0.1) is 19.6 Å². The van der Waals surface area contributed by atoms with Crippen molar-refractivity contribution >= 4 is 23.5 Å². The van der Waals surface area contributed by atoms with E-state index in [-0.39, 0.29) is 37.1 Å². The molecule has 0 unspecified atom stereocenters. The number of aromatic amines is 1. The highest BCUT2D eigenvalue weighted by atomic mass is 35.5. The molecule has 16 nitrogen and oxygen atoms in total. The summed E-state index contributed by atoms with van der Waals surface area (Å²) in [6, 6.07) is 15.6. The molecular weight excluding hydrogens is 650 g/mol. The Labute approximate surface area is 278 Å². The normalized spacial score (nSPS) is 20.0. The van der Waals surface area contributed by atoms with E-state index in [9.17, 15) is 19.7 Å². The largest absolute Gasteiger partial charge is 0.460 e. The molecule has 0 amide bonds. The molecule has 2 aliphatic rings. The summed E-state index contributed by atoms with van der Waals surface area (Å²) in [5.74, 6) is -0.242. The number of aryl methyl sites for hydroxylation is 1. The Morgan fingerprint density at radius 3 is 2.52 bits per heavy atom. The van der Waals surface area contributed by atoms with Gasteiger partial charge in [0, 0.05) is 18.5 Å². The third-order valence-electron chi connectivity index (χ3n) is 8.08.